The van der Waals surface area contributed by atoms with Gasteiger partial charge in [-0.2, -0.15) is 0 Å². The molecule has 0 saturated carbocycles. The van der Waals surface area contributed by atoms with Crippen LogP contribution in [0.3, 0.4) is 0 Å². The summed E-state index contributed by atoms with van der Waals surface area (Å²) in [5, 5.41) is 3.35. The maximum Gasteiger partial charge on any atom is 0.0733 e. The number of hydrogen-bond donors (Lipinski definition) is 2. The van der Waals surface area contributed by atoms with Gasteiger partial charge in [0.15, 0.2) is 0 Å². The number of anilines is 1. The average Bonchev–Trinajstić information content (AvgIpc) is 2.62. The summed E-state index contributed by atoms with van der Waals surface area (Å²) in [5.41, 5.74) is 10.3. The van der Waals surface area contributed by atoms with Crippen molar-refractivity contribution < 1.29 is 0 Å². The van der Waals surface area contributed by atoms with E-state index in [1.165, 1.54) is 6.20 Å². The first-order chi connectivity index (χ1) is 12.1. The van der Waals surface area contributed by atoms with Gasteiger partial charge in [-0.15, -0.1) is 0 Å². The van der Waals surface area contributed by atoms with E-state index in [1.54, 1.807) is 12.4 Å². The van der Waals surface area contributed by atoms with Crippen molar-refractivity contribution in [3.05, 3.63) is 54.2 Å². The van der Waals surface area contributed by atoms with Crippen molar-refractivity contribution in [1.29, 1.82) is 0 Å². The third kappa shape index (κ3) is 6.03. The quantitative estimate of drug-likeness (QED) is 0.708. The van der Waals surface area contributed by atoms with Crippen LogP contribution in [-0.2, 0) is 6.42 Å². The fourth-order valence-corrected chi connectivity index (χ4v) is 2.27. The van der Waals surface area contributed by atoms with Crippen LogP contribution in [0.25, 0.3) is 5.57 Å². The van der Waals surface area contributed by atoms with Gasteiger partial charge in [0.25, 0.3) is 0 Å². The maximum absolute atomic E-state index is 5.76. The Morgan fingerprint density at radius 2 is 2.12 bits per heavy atom. The molecule has 2 rings (SSSR count). The van der Waals surface area contributed by atoms with Gasteiger partial charge in [-0.05, 0) is 36.6 Å². The van der Waals surface area contributed by atoms with Gasteiger partial charge in [0.1, 0.15) is 0 Å². The number of nitrogens with one attached hydrogen (secondary N) is 1. The van der Waals surface area contributed by atoms with Crippen molar-refractivity contribution in [2.45, 2.75) is 33.6 Å². The Kier molecular flexibility index (Phi) is 7.14. The molecule has 0 radical (unpaired) electrons. The molecule has 5 heteroatoms. The minimum absolute atomic E-state index is 0.587. The molecular weight excluding hydrogens is 310 g/mol. The fourth-order valence-electron chi connectivity index (χ4n) is 2.27. The van der Waals surface area contributed by atoms with E-state index in [4.69, 9.17) is 5.73 Å². The van der Waals surface area contributed by atoms with Crippen molar-refractivity contribution >= 4 is 23.2 Å². The molecule has 2 heterocycles. The molecule has 0 aliphatic rings. The van der Waals surface area contributed by atoms with E-state index in [9.17, 15) is 0 Å². The molecular formula is C20H27N5. The summed E-state index contributed by atoms with van der Waals surface area (Å²) >= 11 is 0. The smallest absolute Gasteiger partial charge is 0.0733 e. The van der Waals surface area contributed by atoms with Crippen molar-refractivity contribution in [3.63, 3.8) is 0 Å². The van der Waals surface area contributed by atoms with Crippen LogP contribution in [0.15, 0.2) is 47.9 Å². The van der Waals surface area contributed by atoms with Crippen molar-refractivity contribution in [3.8, 4) is 0 Å². The lowest BCUT2D eigenvalue weighted by atomic mass is 10.2. The Bertz CT molecular complexity index is 717. The maximum atomic E-state index is 5.76. The average molecular weight is 337 g/mol. The number of nitrogens with zero attached hydrogens (tertiary/aromatic N) is 3. The Balaban J connectivity index is 2.08. The molecule has 0 spiro atoms. The lowest BCUT2D eigenvalue weighted by Crippen LogP contribution is -2.08. The predicted octanol–water partition coefficient (Wildman–Crippen LogP) is 4.20. The molecule has 5 nitrogen and oxygen atoms in total. The molecule has 0 aromatic carbocycles. The molecule has 0 fully saturated rings. The van der Waals surface area contributed by atoms with Gasteiger partial charge in [0.2, 0.25) is 0 Å². The largest absolute Gasteiger partial charge is 0.404 e. The molecule has 0 saturated heterocycles. The van der Waals surface area contributed by atoms with E-state index >= 15 is 0 Å². The molecule has 0 unspecified atom stereocenters. The Morgan fingerprint density at radius 3 is 2.76 bits per heavy atom. The van der Waals surface area contributed by atoms with Crippen molar-refractivity contribution in [2.75, 3.05) is 11.9 Å². The number of rotatable bonds is 8. The van der Waals surface area contributed by atoms with Crippen LogP contribution in [-0.4, -0.2) is 22.7 Å². The van der Waals surface area contributed by atoms with Crippen LogP contribution in [0.1, 0.15) is 38.6 Å². The highest BCUT2D eigenvalue weighted by Gasteiger charge is 2.02. The lowest BCUT2D eigenvalue weighted by molar-refractivity contribution is 0.688. The first-order valence-electron chi connectivity index (χ1n) is 8.73. The molecule has 0 amide bonds. The lowest BCUT2D eigenvalue weighted by Gasteiger charge is -2.09. The highest BCUT2D eigenvalue weighted by atomic mass is 14.9. The second-order valence-corrected chi connectivity index (χ2v) is 6.34. The summed E-state index contributed by atoms with van der Waals surface area (Å²) in [4.78, 5) is 13.3. The minimum Gasteiger partial charge on any atom is -0.404 e. The Morgan fingerprint density at radius 1 is 1.28 bits per heavy atom. The predicted molar refractivity (Wildman–Crippen MR) is 106 cm³/mol. The Hall–Kier alpha value is -2.69. The summed E-state index contributed by atoms with van der Waals surface area (Å²) < 4.78 is 0. The van der Waals surface area contributed by atoms with E-state index < -0.39 is 0 Å². The monoisotopic (exact) mass is 337 g/mol. The molecule has 132 valence electrons. The number of nitrogens with two attached hydrogens (primary N) is 1. The second-order valence-electron chi connectivity index (χ2n) is 6.34. The standard InChI is InChI=1S/C20H27N5/c1-4-5-17-10-18(8-9-22-17)24-13-16(11-21)20-7-6-19(14-25-20)23-12-15(2)3/h6-11,13-15,23H,4-5,12,21H2,1-3H3. The van der Waals surface area contributed by atoms with E-state index in [0.29, 0.717) is 5.92 Å². The summed E-state index contributed by atoms with van der Waals surface area (Å²) in [5.74, 6) is 0.587. The first-order valence-corrected chi connectivity index (χ1v) is 8.73. The van der Waals surface area contributed by atoms with Gasteiger partial charge in [-0.1, -0.05) is 27.2 Å². The van der Waals surface area contributed by atoms with Crippen LogP contribution in [0, 0.1) is 5.92 Å². The number of aliphatic imine (C=N–C) groups is 1. The van der Waals surface area contributed by atoms with Crippen molar-refractivity contribution in [2.24, 2.45) is 16.6 Å². The van der Waals surface area contributed by atoms with Crippen molar-refractivity contribution in [1.82, 2.24) is 9.97 Å². The molecule has 0 atom stereocenters. The van der Waals surface area contributed by atoms with Crippen LogP contribution in [0.2, 0.25) is 0 Å². The number of allylic oxidation sites excluding steroid dienone is 1. The molecule has 25 heavy (non-hydrogen) atoms. The summed E-state index contributed by atoms with van der Waals surface area (Å²) in [7, 11) is 0. The highest BCUT2D eigenvalue weighted by molar-refractivity contribution is 6.09. The normalized spacial score (nSPS) is 12.1. The molecule has 0 aliphatic carbocycles. The first kappa shape index (κ1) is 18.6. The number of hydrogen-bond acceptors (Lipinski definition) is 5. The zero-order chi connectivity index (χ0) is 18.1. The molecule has 3 N–H and O–H groups in total. The molecule has 0 bridgehead atoms. The van der Waals surface area contributed by atoms with E-state index in [1.807, 2.05) is 30.5 Å². The third-order valence-corrected chi connectivity index (χ3v) is 3.61. The van der Waals surface area contributed by atoms with E-state index in [2.05, 4.69) is 41.0 Å². The van der Waals surface area contributed by atoms with Crippen LogP contribution < -0.4 is 11.1 Å². The summed E-state index contributed by atoms with van der Waals surface area (Å²) in [6.07, 6.45) is 8.90. The highest BCUT2D eigenvalue weighted by Crippen LogP contribution is 2.16. The van der Waals surface area contributed by atoms with Gasteiger partial charge < -0.3 is 11.1 Å². The SMILES string of the molecule is CCCc1cc(N=CC(=CN)c2ccc(NCC(C)C)cn2)ccn1. The van der Waals surface area contributed by atoms with Crippen LogP contribution >= 0.6 is 0 Å². The minimum atomic E-state index is 0.587. The number of aromatic nitrogens is 2. The Labute approximate surface area is 150 Å². The molecule has 2 aromatic rings. The third-order valence-electron chi connectivity index (χ3n) is 3.61. The zero-order valence-electron chi connectivity index (χ0n) is 15.2. The van der Waals surface area contributed by atoms with Crippen LogP contribution in [0.5, 0.6) is 0 Å². The van der Waals surface area contributed by atoms with E-state index in [0.717, 1.165) is 47.7 Å². The summed E-state index contributed by atoms with van der Waals surface area (Å²) in [6, 6.07) is 7.84. The second kappa shape index (κ2) is 9.57. The number of aryl methyl sites for hydroxylation is 1. The van der Waals surface area contributed by atoms with Gasteiger partial charge in [0, 0.05) is 36.4 Å². The van der Waals surface area contributed by atoms with Gasteiger partial charge in [0.05, 0.1) is 23.3 Å². The summed E-state index contributed by atoms with van der Waals surface area (Å²) in [6.45, 7) is 7.40. The topological polar surface area (TPSA) is 76.2 Å². The van der Waals surface area contributed by atoms with Crippen LogP contribution in [0.4, 0.5) is 11.4 Å². The van der Waals surface area contributed by atoms with Gasteiger partial charge >= 0.3 is 0 Å². The number of pyridine rings is 2. The van der Waals surface area contributed by atoms with Gasteiger partial charge in [-0.3, -0.25) is 15.0 Å². The van der Waals surface area contributed by atoms with Gasteiger partial charge in [-0.25, -0.2) is 0 Å². The fraction of sp³-hybridized carbons (Fsp3) is 0.350. The molecule has 0 aliphatic heterocycles. The zero-order valence-corrected chi connectivity index (χ0v) is 15.2. The van der Waals surface area contributed by atoms with E-state index in [-0.39, 0.29) is 0 Å². The molecule has 2 aromatic heterocycles.